The molecule has 4 rings (SSSR count). The minimum Gasteiger partial charge on any atom is -0.480 e. The predicted octanol–water partition coefficient (Wildman–Crippen LogP) is 1.10. The summed E-state index contributed by atoms with van der Waals surface area (Å²) < 4.78 is 28.4. The molecule has 36 heavy (non-hydrogen) atoms. The summed E-state index contributed by atoms with van der Waals surface area (Å²) in [7, 11) is -4.22. The Morgan fingerprint density at radius 1 is 1.28 bits per heavy atom. The summed E-state index contributed by atoms with van der Waals surface area (Å²) in [6, 6.07) is 10.0. The van der Waals surface area contributed by atoms with Crippen LogP contribution < -0.4 is 15.9 Å². The topological polar surface area (TPSA) is 180 Å². The molecular formula is C23H26N6O6S. The van der Waals surface area contributed by atoms with E-state index in [0.29, 0.717) is 36.0 Å². The van der Waals surface area contributed by atoms with Crippen molar-refractivity contribution in [2.75, 3.05) is 12.3 Å². The summed E-state index contributed by atoms with van der Waals surface area (Å²) in [5, 5.41) is 10.9. The first-order chi connectivity index (χ1) is 17.3. The molecule has 1 aliphatic rings. The van der Waals surface area contributed by atoms with Crippen LogP contribution in [0.5, 0.6) is 0 Å². The first kappa shape index (κ1) is 25.2. The van der Waals surface area contributed by atoms with Gasteiger partial charge in [0.25, 0.3) is 0 Å². The standard InChI is InChI=1S/C23H26N6O6S/c24-23-25-12-16(26-23)7-4-8-17-11-21(27-35-17)29(14-30)13-19(22(31)32)28-36(33,34)20-10-3-6-15-5-1-2-9-18(15)20/h1-3,5-6,9-12,14,17,19,27-28H,4,7-8,13H2,(H,31,32)(H3,24,25,26). The first-order valence-corrected chi connectivity index (χ1v) is 12.6. The Hall–Kier alpha value is -3.94. The zero-order chi connectivity index (χ0) is 25.7. The fraction of sp³-hybridized carbons (Fsp3) is 0.261. The van der Waals surface area contributed by atoms with Crippen molar-refractivity contribution in [3.63, 3.8) is 0 Å². The Labute approximate surface area is 207 Å². The van der Waals surface area contributed by atoms with Crippen molar-refractivity contribution in [2.24, 2.45) is 0 Å². The highest BCUT2D eigenvalue weighted by Gasteiger charge is 2.30. The molecule has 0 spiro atoms. The molecule has 2 unspecified atom stereocenters. The van der Waals surface area contributed by atoms with Gasteiger partial charge in [0.15, 0.2) is 5.95 Å². The number of nitrogens with two attached hydrogens (primary N) is 1. The zero-order valence-corrected chi connectivity index (χ0v) is 19.9. The number of sulfonamides is 1. The van der Waals surface area contributed by atoms with E-state index >= 15 is 0 Å². The zero-order valence-electron chi connectivity index (χ0n) is 19.1. The van der Waals surface area contributed by atoms with Crippen LogP contribution in [-0.4, -0.2) is 59.5 Å². The molecule has 0 saturated heterocycles. The Morgan fingerprint density at radius 3 is 2.78 bits per heavy atom. The highest BCUT2D eigenvalue weighted by atomic mass is 32.2. The average Bonchev–Trinajstić information content (AvgIpc) is 3.50. The third kappa shape index (κ3) is 5.82. The van der Waals surface area contributed by atoms with Gasteiger partial charge in [0.2, 0.25) is 16.4 Å². The Bertz CT molecular complexity index is 1380. The Balaban J connectivity index is 1.42. The summed E-state index contributed by atoms with van der Waals surface area (Å²) in [6.45, 7) is -0.453. The van der Waals surface area contributed by atoms with Gasteiger partial charge >= 0.3 is 5.97 Å². The molecule has 3 aromatic rings. The highest BCUT2D eigenvalue weighted by Crippen LogP contribution is 2.23. The molecule has 2 atom stereocenters. The third-order valence-corrected chi connectivity index (χ3v) is 7.22. The molecule has 1 aromatic heterocycles. The van der Waals surface area contributed by atoms with Crippen molar-refractivity contribution in [2.45, 2.75) is 36.3 Å². The second-order valence-electron chi connectivity index (χ2n) is 8.24. The quantitative estimate of drug-likeness (QED) is 0.221. The number of fused-ring (bicyclic) bond motifs is 1. The smallest absolute Gasteiger partial charge is 0.323 e. The normalized spacial score (nSPS) is 16.3. The number of hydroxylamine groups is 1. The molecule has 0 bridgehead atoms. The minimum absolute atomic E-state index is 0.0508. The van der Waals surface area contributed by atoms with Gasteiger partial charge in [-0.2, -0.15) is 4.72 Å². The summed E-state index contributed by atoms with van der Waals surface area (Å²) in [5.41, 5.74) is 9.07. The fourth-order valence-electron chi connectivity index (χ4n) is 3.92. The maximum atomic E-state index is 13.1. The number of nitrogen functional groups attached to an aromatic ring is 1. The van der Waals surface area contributed by atoms with Crippen molar-refractivity contribution < 1.29 is 28.0 Å². The number of rotatable bonds is 12. The number of aromatic amines is 1. The second-order valence-corrected chi connectivity index (χ2v) is 9.93. The monoisotopic (exact) mass is 514 g/mol. The van der Waals surface area contributed by atoms with Crippen molar-refractivity contribution in [3.8, 4) is 0 Å². The van der Waals surface area contributed by atoms with Crippen LogP contribution in [0.25, 0.3) is 10.8 Å². The van der Waals surface area contributed by atoms with E-state index in [-0.39, 0.29) is 16.8 Å². The number of carboxylic acids is 1. The molecule has 190 valence electrons. The minimum atomic E-state index is -4.22. The van der Waals surface area contributed by atoms with Gasteiger partial charge in [-0.05, 0) is 36.8 Å². The number of imidazole rings is 1. The molecule has 1 amide bonds. The summed E-state index contributed by atoms with van der Waals surface area (Å²) in [4.78, 5) is 37.0. The van der Waals surface area contributed by atoms with E-state index in [1.54, 1.807) is 48.7 Å². The molecule has 1 aliphatic heterocycles. The molecule has 6 N–H and O–H groups in total. The van der Waals surface area contributed by atoms with E-state index in [1.165, 1.54) is 6.07 Å². The first-order valence-electron chi connectivity index (χ1n) is 11.1. The number of aromatic nitrogens is 2. The molecule has 0 radical (unpaired) electrons. The lowest BCUT2D eigenvalue weighted by molar-refractivity contribution is -0.139. The number of anilines is 1. The molecule has 2 aromatic carbocycles. The number of benzene rings is 2. The lowest BCUT2D eigenvalue weighted by Crippen LogP contribution is -2.48. The largest absolute Gasteiger partial charge is 0.480 e. The van der Waals surface area contributed by atoms with Crippen LogP contribution in [0.15, 0.2) is 65.5 Å². The molecule has 13 heteroatoms. The number of aliphatic carboxylic acids is 1. The van der Waals surface area contributed by atoms with Crippen LogP contribution in [0, 0.1) is 0 Å². The number of carboxylic acid groups (broad SMARTS) is 1. The van der Waals surface area contributed by atoms with Gasteiger partial charge in [0.1, 0.15) is 18.0 Å². The van der Waals surface area contributed by atoms with Crippen LogP contribution in [0.4, 0.5) is 5.95 Å². The number of H-pyrrole nitrogens is 1. The fourth-order valence-corrected chi connectivity index (χ4v) is 5.33. The van der Waals surface area contributed by atoms with Gasteiger partial charge in [0.05, 0.1) is 17.6 Å². The molecule has 0 fully saturated rings. The number of nitrogens with zero attached hydrogens (tertiary/aromatic N) is 2. The second kappa shape index (κ2) is 10.8. The van der Waals surface area contributed by atoms with Crippen LogP contribution in [-0.2, 0) is 30.9 Å². The highest BCUT2D eigenvalue weighted by molar-refractivity contribution is 7.89. The van der Waals surface area contributed by atoms with Gasteiger partial charge in [0, 0.05) is 11.1 Å². The van der Waals surface area contributed by atoms with E-state index in [9.17, 15) is 23.1 Å². The number of amides is 1. The maximum absolute atomic E-state index is 13.1. The predicted molar refractivity (Wildman–Crippen MR) is 130 cm³/mol. The Kier molecular flexibility index (Phi) is 7.52. The Morgan fingerprint density at radius 2 is 2.06 bits per heavy atom. The van der Waals surface area contributed by atoms with E-state index in [1.807, 2.05) is 0 Å². The lowest BCUT2D eigenvalue weighted by atomic mass is 10.1. The summed E-state index contributed by atoms with van der Waals surface area (Å²) in [5.74, 6) is -0.853. The van der Waals surface area contributed by atoms with Gasteiger partial charge in [-0.25, -0.2) is 13.4 Å². The van der Waals surface area contributed by atoms with Crippen LogP contribution in [0.3, 0.4) is 0 Å². The number of carbonyl (C=O) groups is 2. The van der Waals surface area contributed by atoms with Crippen LogP contribution >= 0.6 is 0 Å². The number of aryl methyl sites for hydroxylation is 1. The van der Waals surface area contributed by atoms with Crippen molar-refractivity contribution in [1.29, 1.82) is 0 Å². The summed E-state index contributed by atoms with van der Waals surface area (Å²) >= 11 is 0. The molecule has 0 saturated carbocycles. The number of hydrogen-bond acceptors (Lipinski definition) is 8. The maximum Gasteiger partial charge on any atom is 0.323 e. The van der Waals surface area contributed by atoms with Crippen molar-refractivity contribution in [3.05, 3.63) is 66.3 Å². The van der Waals surface area contributed by atoms with E-state index in [0.717, 1.165) is 17.0 Å². The SMILES string of the molecule is Nc1ncc(CCCC2C=C(N(C=O)CC(NS(=O)(=O)c3cccc4ccccc34)C(=O)O)NO2)[nH]1. The molecular weight excluding hydrogens is 488 g/mol. The third-order valence-electron chi connectivity index (χ3n) is 5.69. The van der Waals surface area contributed by atoms with Crippen LogP contribution in [0.1, 0.15) is 18.5 Å². The van der Waals surface area contributed by atoms with E-state index in [4.69, 9.17) is 10.6 Å². The molecule has 12 nitrogen and oxygen atoms in total. The number of nitrogens with one attached hydrogen (secondary N) is 3. The molecule has 0 aliphatic carbocycles. The van der Waals surface area contributed by atoms with Crippen molar-refractivity contribution in [1.82, 2.24) is 25.1 Å². The van der Waals surface area contributed by atoms with Gasteiger partial charge in [-0.3, -0.25) is 24.8 Å². The van der Waals surface area contributed by atoms with Gasteiger partial charge < -0.3 is 15.8 Å². The molecule has 2 heterocycles. The number of carbonyl (C=O) groups excluding carboxylic acids is 1. The van der Waals surface area contributed by atoms with Gasteiger partial charge in [-0.15, -0.1) is 0 Å². The lowest BCUT2D eigenvalue weighted by Gasteiger charge is -2.23. The average molecular weight is 515 g/mol. The summed E-state index contributed by atoms with van der Waals surface area (Å²) in [6.07, 6.45) is 5.40. The number of hydrogen-bond donors (Lipinski definition) is 5. The van der Waals surface area contributed by atoms with Gasteiger partial charge in [-0.1, -0.05) is 36.4 Å². The van der Waals surface area contributed by atoms with E-state index in [2.05, 4.69) is 20.2 Å². The van der Waals surface area contributed by atoms with E-state index < -0.39 is 28.6 Å². The van der Waals surface area contributed by atoms with Crippen molar-refractivity contribution >= 4 is 39.1 Å². The van der Waals surface area contributed by atoms with Crippen LogP contribution in [0.2, 0.25) is 0 Å².